The molecule has 0 unspecified atom stereocenters. The quantitative estimate of drug-likeness (QED) is 0.265. The number of esters is 1. The molecule has 27 heavy (non-hydrogen) atoms. The normalized spacial score (nSPS) is 22.2. The van der Waals surface area contributed by atoms with E-state index in [1.54, 1.807) is 0 Å². The van der Waals surface area contributed by atoms with Crippen LogP contribution < -0.4 is 4.74 Å². The lowest BCUT2D eigenvalue weighted by atomic mass is 9.69. The van der Waals surface area contributed by atoms with Crippen LogP contribution in [0.2, 0.25) is 0 Å². The molecule has 1 fully saturated rings. The first-order valence-corrected chi connectivity index (χ1v) is 10.8. The highest BCUT2D eigenvalue weighted by atomic mass is 16.5. The molecule has 0 N–H and O–H groups in total. The summed E-state index contributed by atoms with van der Waals surface area (Å²) in [6.07, 6.45) is 12.5. The molecule has 0 aromatic heterocycles. The maximum atomic E-state index is 12.5. The highest BCUT2D eigenvalue weighted by molar-refractivity contribution is 5.75. The van der Waals surface area contributed by atoms with E-state index in [1.165, 1.54) is 31.2 Å². The monoisotopic (exact) mass is 369 g/mol. The second kappa shape index (κ2) is 11.1. The van der Waals surface area contributed by atoms with Crippen molar-refractivity contribution in [3.8, 4) is 11.8 Å². The van der Waals surface area contributed by atoms with E-state index in [-0.39, 0.29) is 17.3 Å². The van der Waals surface area contributed by atoms with E-state index in [0.717, 1.165) is 51.4 Å². The first-order chi connectivity index (χ1) is 13.1. The number of carbonyl (C=O) groups is 1. The van der Waals surface area contributed by atoms with Gasteiger partial charge in [0.05, 0.1) is 17.4 Å². The molecule has 0 heterocycles. The Morgan fingerprint density at radius 1 is 1.07 bits per heavy atom. The molecule has 1 aliphatic rings. The zero-order valence-corrected chi connectivity index (χ0v) is 17.1. The number of hydrogen-bond acceptors (Lipinski definition) is 3. The number of nitrogens with zero attached hydrogens (tertiary/aromatic N) is 1. The fraction of sp³-hybridized carbons (Fsp3) is 0.667. The zero-order valence-electron chi connectivity index (χ0n) is 17.1. The topological polar surface area (TPSA) is 50.1 Å². The van der Waals surface area contributed by atoms with Crippen molar-refractivity contribution < 1.29 is 9.53 Å². The fourth-order valence-corrected chi connectivity index (χ4v) is 4.10. The van der Waals surface area contributed by atoms with Gasteiger partial charge in [0.15, 0.2) is 0 Å². The molecular formula is C24H35NO2. The van der Waals surface area contributed by atoms with E-state index < -0.39 is 0 Å². The van der Waals surface area contributed by atoms with Crippen LogP contribution in [0.3, 0.4) is 0 Å². The van der Waals surface area contributed by atoms with E-state index in [1.807, 2.05) is 24.3 Å². The van der Waals surface area contributed by atoms with Crippen LogP contribution in [0.1, 0.15) is 90.0 Å². The van der Waals surface area contributed by atoms with Gasteiger partial charge in [-0.25, -0.2) is 0 Å². The Bertz CT molecular complexity index is 606. The number of aryl methyl sites for hydroxylation is 1. The Balaban J connectivity index is 1.79. The molecule has 3 heteroatoms. The van der Waals surface area contributed by atoms with Crippen molar-refractivity contribution in [3.63, 3.8) is 0 Å². The van der Waals surface area contributed by atoms with Crippen LogP contribution in [0.4, 0.5) is 0 Å². The number of benzene rings is 1. The van der Waals surface area contributed by atoms with E-state index >= 15 is 0 Å². The average molecular weight is 370 g/mol. The second-order valence-electron chi connectivity index (χ2n) is 8.15. The Labute approximate surface area is 165 Å². The van der Waals surface area contributed by atoms with Gasteiger partial charge in [0, 0.05) is 0 Å². The van der Waals surface area contributed by atoms with E-state index in [9.17, 15) is 10.1 Å². The predicted octanol–water partition coefficient (Wildman–Crippen LogP) is 6.61. The van der Waals surface area contributed by atoms with Crippen LogP contribution in [0, 0.1) is 22.7 Å². The minimum Gasteiger partial charge on any atom is -0.426 e. The molecule has 0 spiro atoms. The van der Waals surface area contributed by atoms with Crippen molar-refractivity contribution in [1.29, 1.82) is 5.26 Å². The third-order valence-corrected chi connectivity index (χ3v) is 5.95. The Morgan fingerprint density at radius 3 is 2.33 bits per heavy atom. The number of hydrogen-bond donors (Lipinski definition) is 0. The summed E-state index contributed by atoms with van der Waals surface area (Å²) in [6, 6.07) is 10.4. The summed E-state index contributed by atoms with van der Waals surface area (Å²) in [5.74, 6) is 0.433. The van der Waals surface area contributed by atoms with Crippen LogP contribution in [0.5, 0.6) is 5.75 Å². The summed E-state index contributed by atoms with van der Waals surface area (Å²) in [4.78, 5) is 12.5. The molecule has 0 atom stereocenters. The lowest BCUT2D eigenvalue weighted by molar-refractivity contribution is -0.140. The van der Waals surface area contributed by atoms with Gasteiger partial charge in [0.2, 0.25) is 0 Å². The third kappa shape index (κ3) is 6.69. The highest BCUT2D eigenvalue weighted by Crippen LogP contribution is 2.42. The van der Waals surface area contributed by atoms with E-state index in [0.29, 0.717) is 5.75 Å². The SMILES string of the molecule is CCCCCCCC1(C#N)CCC(C(=O)Oc2ccc(CCC)cc2)CC1. The summed E-state index contributed by atoms with van der Waals surface area (Å²) in [7, 11) is 0. The molecular weight excluding hydrogens is 334 g/mol. The first kappa shape index (κ1) is 21.5. The van der Waals surface area contributed by atoms with Gasteiger partial charge in [0.25, 0.3) is 0 Å². The number of ether oxygens (including phenoxy) is 1. The summed E-state index contributed by atoms with van der Waals surface area (Å²) in [5.41, 5.74) is 1.05. The lowest BCUT2D eigenvalue weighted by Crippen LogP contribution is -2.31. The molecule has 1 saturated carbocycles. The van der Waals surface area contributed by atoms with Crippen molar-refractivity contribution in [2.45, 2.75) is 90.9 Å². The van der Waals surface area contributed by atoms with Gasteiger partial charge in [-0.05, 0) is 56.2 Å². The molecule has 2 rings (SSSR count). The molecule has 0 amide bonds. The lowest BCUT2D eigenvalue weighted by Gasteiger charge is -2.34. The molecule has 0 radical (unpaired) electrons. The Morgan fingerprint density at radius 2 is 1.74 bits per heavy atom. The van der Waals surface area contributed by atoms with Crippen LogP contribution in [0.15, 0.2) is 24.3 Å². The molecule has 1 aliphatic carbocycles. The number of carbonyl (C=O) groups excluding carboxylic acids is 1. The Kier molecular flexibility index (Phi) is 8.85. The fourth-order valence-electron chi connectivity index (χ4n) is 4.10. The molecule has 1 aromatic carbocycles. The standard InChI is InChI=1S/C24H35NO2/c1-3-5-6-7-8-16-24(19-25)17-14-21(15-18-24)23(26)27-22-12-10-20(9-4-2)11-13-22/h10-13,21H,3-9,14-18H2,1-2H3. The largest absolute Gasteiger partial charge is 0.426 e. The zero-order chi connectivity index (χ0) is 19.5. The molecule has 0 saturated heterocycles. The average Bonchev–Trinajstić information content (AvgIpc) is 2.70. The Hall–Kier alpha value is -1.82. The van der Waals surface area contributed by atoms with Gasteiger partial charge in [-0.15, -0.1) is 0 Å². The van der Waals surface area contributed by atoms with Crippen molar-refractivity contribution in [2.24, 2.45) is 11.3 Å². The highest BCUT2D eigenvalue weighted by Gasteiger charge is 2.37. The third-order valence-electron chi connectivity index (χ3n) is 5.95. The maximum Gasteiger partial charge on any atom is 0.314 e. The van der Waals surface area contributed by atoms with Crippen molar-refractivity contribution in [2.75, 3.05) is 0 Å². The van der Waals surface area contributed by atoms with Crippen LogP contribution >= 0.6 is 0 Å². The van der Waals surface area contributed by atoms with E-state index in [2.05, 4.69) is 19.9 Å². The summed E-state index contributed by atoms with van der Waals surface area (Å²) in [5, 5.41) is 9.71. The van der Waals surface area contributed by atoms with E-state index in [4.69, 9.17) is 4.74 Å². The van der Waals surface area contributed by atoms with Crippen molar-refractivity contribution in [1.82, 2.24) is 0 Å². The minimum atomic E-state index is -0.217. The number of rotatable bonds is 10. The smallest absolute Gasteiger partial charge is 0.314 e. The maximum absolute atomic E-state index is 12.5. The second-order valence-corrected chi connectivity index (χ2v) is 8.15. The van der Waals surface area contributed by atoms with Crippen LogP contribution in [-0.4, -0.2) is 5.97 Å². The molecule has 148 valence electrons. The number of unbranched alkanes of at least 4 members (excludes halogenated alkanes) is 4. The van der Waals surface area contributed by atoms with Crippen LogP contribution in [-0.2, 0) is 11.2 Å². The van der Waals surface area contributed by atoms with Gasteiger partial charge in [-0.2, -0.15) is 5.26 Å². The summed E-state index contributed by atoms with van der Waals surface area (Å²) >= 11 is 0. The van der Waals surface area contributed by atoms with Gasteiger partial charge >= 0.3 is 5.97 Å². The van der Waals surface area contributed by atoms with Gasteiger partial charge in [-0.1, -0.05) is 64.5 Å². The van der Waals surface area contributed by atoms with Gasteiger partial charge < -0.3 is 4.74 Å². The summed E-state index contributed by atoms with van der Waals surface area (Å²) in [6.45, 7) is 4.38. The molecule has 0 bridgehead atoms. The van der Waals surface area contributed by atoms with Crippen LogP contribution in [0.25, 0.3) is 0 Å². The minimum absolute atomic E-state index is 0.0677. The molecule has 3 nitrogen and oxygen atoms in total. The van der Waals surface area contributed by atoms with Crippen molar-refractivity contribution in [3.05, 3.63) is 29.8 Å². The summed E-state index contributed by atoms with van der Waals surface area (Å²) < 4.78 is 5.59. The number of nitriles is 1. The molecule has 1 aromatic rings. The predicted molar refractivity (Wildman–Crippen MR) is 109 cm³/mol. The molecule has 0 aliphatic heterocycles. The van der Waals surface area contributed by atoms with Gasteiger partial charge in [-0.3, -0.25) is 4.79 Å². The first-order valence-electron chi connectivity index (χ1n) is 10.8. The van der Waals surface area contributed by atoms with Crippen molar-refractivity contribution >= 4 is 5.97 Å². The van der Waals surface area contributed by atoms with Gasteiger partial charge in [0.1, 0.15) is 5.75 Å².